The first-order valence-corrected chi connectivity index (χ1v) is 7.59. The number of hydrogen-bond acceptors (Lipinski definition) is 3. The molecule has 0 spiro atoms. The van der Waals surface area contributed by atoms with E-state index < -0.39 is 16.1 Å². The van der Waals surface area contributed by atoms with Gasteiger partial charge >= 0.3 is 0 Å². The third-order valence-corrected chi connectivity index (χ3v) is 2.85. The highest BCUT2D eigenvalue weighted by Crippen LogP contribution is 2.16. The Kier molecular flexibility index (Phi) is 5.13. The smallest absolute Gasteiger partial charge is 0.229 e. The normalized spacial score (nSPS) is 13.6. The number of aliphatic hydroxyl groups is 1. The highest BCUT2D eigenvalue weighted by Gasteiger charge is 2.09. The summed E-state index contributed by atoms with van der Waals surface area (Å²) in [5, 5.41) is 14.1. The second-order valence-corrected chi connectivity index (χ2v) is 6.22. The van der Waals surface area contributed by atoms with Crippen LogP contribution in [0.2, 0.25) is 0 Å². The van der Waals surface area contributed by atoms with E-state index >= 15 is 0 Å². The molecule has 0 aromatic heterocycles. The molecule has 1 unspecified atom stereocenters. The summed E-state index contributed by atoms with van der Waals surface area (Å²) >= 11 is 0. The fourth-order valence-electron chi connectivity index (χ4n) is 1.40. The average molecular weight is 271 g/mol. The van der Waals surface area contributed by atoms with Gasteiger partial charge in [-0.2, -0.15) is 0 Å². The fraction of sp³-hybridized carbons (Fsp3) is 0.500. The number of sulfonamides is 1. The van der Waals surface area contributed by atoms with E-state index in [1.807, 2.05) is 13.8 Å². The standard InChI is InChI=1S/C12H19N2O3S/c1-9(2)13-8-12(15)10-4-6-11(7-5-10)14-18(3,16)17/h4-7,9,12,14-15H,8H2,1-3H3. The zero-order valence-electron chi connectivity index (χ0n) is 10.8. The van der Waals surface area contributed by atoms with Crippen LogP contribution >= 0.6 is 0 Å². The summed E-state index contributed by atoms with van der Waals surface area (Å²) in [4.78, 5) is 0. The van der Waals surface area contributed by atoms with Gasteiger partial charge in [0.2, 0.25) is 10.0 Å². The summed E-state index contributed by atoms with van der Waals surface area (Å²) in [6.45, 7) is 4.24. The molecule has 0 amide bonds. The molecule has 1 rings (SSSR count). The van der Waals surface area contributed by atoms with Gasteiger partial charge < -0.3 is 5.11 Å². The highest BCUT2D eigenvalue weighted by molar-refractivity contribution is 7.92. The van der Waals surface area contributed by atoms with Crippen LogP contribution in [0, 0.1) is 0 Å². The summed E-state index contributed by atoms with van der Waals surface area (Å²) in [6, 6.07) is 6.80. The van der Waals surface area contributed by atoms with Crippen LogP contribution in [-0.4, -0.2) is 32.4 Å². The molecule has 0 bridgehead atoms. The van der Waals surface area contributed by atoms with Crippen LogP contribution in [0.1, 0.15) is 25.5 Å². The first-order chi connectivity index (χ1) is 8.28. The molecule has 2 N–H and O–H groups in total. The van der Waals surface area contributed by atoms with E-state index in [0.717, 1.165) is 11.8 Å². The maximum atomic E-state index is 11.0. The molecule has 101 valence electrons. The summed E-state index contributed by atoms with van der Waals surface area (Å²) in [5.41, 5.74) is 1.20. The van der Waals surface area contributed by atoms with Crippen LogP contribution in [0.5, 0.6) is 0 Å². The Labute approximate surface area is 108 Å². The second-order valence-electron chi connectivity index (χ2n) is 4.47. The lowest BCUT2D eigenvalue weighted by atomic mass is 10.1. The van der Waals surface area contributed by atoms with Crippen molar-refractivity contribution in [1.29, 1.82) is 0 Å². The molecule has 0 saturated heterocycles. The average Bonchev–Trinajstić information content (AvgIpc) is 2.24. The maximum Gasteiger partial charge on any atom is 0.229 e. The Morgan fingerprint density at radius 2 is 1.83 bits per heavy atom. The van der Waals surface area contributed by atoms with E-state index in [9.17, 15) is 13.5 Å². The van der Waals surface area contributed by atoms with Crippen LogP contribution in [-0.2, 0) is 10.0 Å². The molecule has 1 aromatic rings. The van der Waals surface area contributed by atoms with Crippen LogP contribution in [0.4, 0.5) is 5.69 Å². The maximum absolute atomic E-state index is 11.0. The Morgan fingerprint density at radius 3 is 2.28 bits per heavy atom. The molecule has 0 heterocycles. The summed E-state index contributed by atoms with van der Waals surface area (Å²) in [7, 11) is -3.26. The second kappa shape index (κ2) is 6.17. The molecule has 0 aliphatic carbocycles. The minimum atomic E-state index is -3.26. The summed E-state index contributed by atoms with van der Waals surface area (Å²) < 4.78 is 24.4. The minimum absolute atomic E-state index is 0.186. The largest absolute Gasteiger partial charge is 0.387 e. The van der Waals surface area contributed by atoms with Gasteiger partial charge in [0.25, 0.3) is 0 Å². The van der Waals surface area contributed by atoms with Crippen LogP contribution in [0.3, 0.4) is 0 Å². The van der Waals surface area contributed by atoms with Crippen LogP contribution < -0.4 is 10.0 Å². The summed E-state index contributed by atoms with van der Waals surface area (Å²) in [5.74, 6) is 0. The van der Waals surface area contributed by atoms with E-state index in [0.29, 0.717) is 12.2 Å². The minimum Gasteiger partial charge on any atom is -0.387 e. The van der Waals surface area contributed by atoms with E-state index in [2.05, 4.69) is 10.0 Å². The molecule has 5 nitrogen and oxygen atoms in total. The van der Waals surface area contributed by atoms with Gasteiger partial charge in [-0.1, -0.05) is 12.1 Å². The Morgan fingerprint density at radius 1 is 1.28 bits per heavy atom. The van der Waals surface area contributed by atoms with Crippen LogP contribution in [0.15, 0.2) is 24.3 Å². The van der Waals surface area contributed by atoms with Crippen molar-refractivity contribution in [3.05, 3.63) is 29.8 Å². The SMILES string of the molecule is CC(C)[N]CC(O)c1ccc(NS(C)(=O)=O)cc1. The first-order valence-electron chi connectivity index (χ1n) is 5.70. The molecule has 1 aromatic carbocycles. The van der Waals surface area contributed by atoms with Crippen LogP contribution in [0.25, 0.3) is 0 Å². The van der Waals surface area contributed by atoms with Gasteiger partial charge in [0.1, 0.15) is 0 Å². The molecule has 0 aliphatic rings. The van der Waals surface area contributed by atoms with Gasteiger partial charge in [0, 0.05) is 18.3 Å². The van der Waals surface area contributed by atoms with Crippen molar-refractivity contribution in [3.8, 4) is 0 Å². The molecular weight excluding hydrogens is 252 g/mol. The first kappa shape index (κ1) is 14.9. The Bertz CT molecular complexity index is 469. The highest BCUT2D eigenvalue weighted by atomic mass is 32.2. The van der Waals surface area contributed by atoms with Gasteiger partial charge in [-0.3, -0.25) is 4.72 Å². The van der Waals surface area contributed by atoms with Crippen molar-refractivity contribution >= 4 is 15.7 Å². The van der Waals surface area contributed by atoms with E-state index in [4.69, 9.17) is 0 Å². The van der Waals surface area contributed by atoms with Crippen molar-refractivity contribution < 1.29 is 13.5 Å². The quantitative estimate of drug-likeness (QED) is 0.813. The van der Waals surface area contributed by atoms with Gasteiger partial charge in [-0.05, 0) is 31.5 Å². The number of anilines is 1. The van der Waals surface area contributed by atoms with Gasteiger partial charge in [-0.25, -0.2) is 13.7 Å². The van der Waals surface area contributed by atoms with Crippen molar-refractivity contribution in [3.63, 3.8) is 0 Å². The zero-order valence-corrected chi connectivity index (χ0v) is 11.6. The Hall–Kier alpha value is -1.11. The van der Waals surface area contributed by atoms with E-state index in [1.54, 1.807) is 24.3 Å². The molecule has 1 radical (unpaired) electrons. The van der Waals surface area contributed by atoms with E-state index in [-0.39, 0.29) is 6.04 Å². The number of aliphatic hydroxyl groups excluding tert-OH is 1. The van der Waals surface area contributed by atoms with Crippen molar-refractivity contribution in [2.24, 2.45) is 0 Å². The molecular formula is C12H19N2O3S. The predicted molar refractivity (Wildman–Crippen MR) is 72.0 cm³/mol. The summed E-state index contributed by atoms with van der Waals surface area (Å²) in [6.07, 6.45) is 0.441. The monoisotopic (exact) mass is 271 g/mol. The number of benzene rings is 1. The molecule has 0 saturated carbocycles. The van der Waals surface area contributed by atoms with Crippen molar-refractivity contribution in [1.82, 2.24) is 5.32 Å². The fourth-order valence-corrected chi connectivity index (χ4v) is 1.97. The number of nitrogens with one attached hydrogen (secondary N) is 1. The lowest BCUT2D eigenvalue weighted by Gasteiger charge is -2.13. The molecule has 18 heavy (non-hydrogen) atoms. The third kappa shape index (κ3) is 5.48. The Balaban J connectivity index is 2.65. The number of hydrogen-bond donors (Lipinski definition) is 2. The zero-order chi connectivity index (χ0) is 13.8. The van der Waals surface area contributed by atoms with Crippen molar-refractivity contribution in [2.75, 3.05) is 17.5 Å². The van der Waals surface area contributed by atoms with E-state index in [1.165, 1.54) is 0 Å². The number of nitrogens with zero attached hydrogens (tertiary/aromatic N) is 1. The van der Waals surface area contributed by atoms with Gasteiger partial charge in [0.15, 0.2) is 0 Å². The van der Waals surface area contributed by atoms with Gasteiger partial charge in [-0.15, -0.1) is 0 Å². The number of rotatable bonds is 6. The molecule has 6 heteroatoms. The lowest BCUT2D eigenvalue weighted by molar-refractivity contribution is 0.170. The van der Waals surface area contributed by atoms with Crippen molar-refractivity contribution in [2.45, 2.75) is 26.0 Å². The lowest BCUT2D eigenvalue weighted by Crippen LogP contribution is -2.21. The molecule has 0 fully saturated rings. The molecule has 1 atom stereocenters. The predicted octanol–water partition coefficient (Wildman–Crippen LogP) is 1.10. The topological polar surface area (TPSA) is 80.5 Å². The molecule has 0 aliphatic heterocycles. The van der Waals surface area contributed by atoms with Gasteiger partial charge in [0.05, 0.1) is 12.4 Å². The third-order valence-electron chi connectivity index (χ3n) is 2.24.